The van der Waals surface area contributed by atoms with E-state index in [1.165, 1.54) is 12.1 Å². The fourth-order valence-electron chi connectivity index (χ4n) is 1.99. The molecule has 0 aliphatic heterocycles. The molecule has 0 bridgehead atoms. The van der Waals surface area contributed by atoms with Crippen molar-refractivity contribution in [2.45, 2.75) is 19.9 Å². The van der Waals surface area contributed by atoms with Gasteiger partial charge < -0.3 is 10.2 Å². The number of nitrogens with one attached hydrogen (secondary N) is 1. The number of likely N-dealkylation sites (N-methyl/N-ethyl adjacent to an activating group) is 1. The number of carbonyl (C=O) groups is 1. The summed E-state index contributed by atoms with van der Waals surface area (Å²) in [5.74, 6) is -2.37. The van der Waals surface area contributed by atoms with Crippen molar-refractivity contribution in [2.24, 2.45) is 5.92 Å². The van der Waals surface area contributed by atoms with Crippen molar-refractivity contribution in [3.05, 3.63) is 35.4 Å². The Hall–Kier alpha value is -1.49. The normalized spacial score (nSPS) is 12.8. The first kappa shape index (κ1) is 15.6. The summed E-state index contributed by atoms with van der Waals surface area (Å²) in [6.45, 7) is 4.47. The van der Waals surface area contributed by atoms with Crippen LogP contribution in [-0.2, 0) is 0 Å². The van der Waals surface area contributed by atoms with E-state index >= 15 is 0 Å². The van der Waals surface area contributed by atoms with Crippen LogP contribution in [0.15, 0.2) is 18.2 Å². The van der Waals surface area contributed by atoms with Gasteiger partial charge >= 0.3 is 0 Å². The van der Waals surface area contributed by atoms with Crippen molar-refractivity contribution < 1.29 is 13.6 Å². The molecule has 19 heavy (non-hydrogen) atoms. The second-order valence-electron chi connectivity index (χ2n) is 5.09. The molecule has 5 heteroatoms. The van der Waals surface area contributed by atoms with Gasteiger partial charge in [-0.3, -0.25) is 4.79 Å². The van der Waals surface area contributed by atoms with E-state index in [0.29, 0.717) is 12.5 Å². The summed E-state index contributed by atoms with van der Waals surface area (Å²) < 4.78 is 26.5. The first-order valence-electron chi connectivity index (χ1n) is 6.23. The first-order chi connectivity index (χ1) is 8.84. The van der Waals surface area contributed by atoms with Gasteiger partial charge in [-0.05, 0) is 32.1 Å². The molecule has 1 atom stereocenters. The maximum absolute atomic E-state index is 13.4. The number of amides is 1. The number of rotatable bonds is 5. The molecule has 0 aliphatic rings. The number of benzene rings is 1. The van der Waals surface area contributed by atoms with Crippen LogP contribution in [0.25, 0.3) is 0 Å². The van der Waals surface area contributed by atoms with Crippen molar-refractivity contribution in [1.29, 1.82) is 0 Å². The fourth-order valence-corrected chi connectivity index (χ4v) is 1.99. The Balaban J connectivity index is 2.72. The number of hydrogen-bond acceptors (Lipinski definition) is 2. The topological polar surface area (TPSA) is 32.3 Å². The van der Waals surface area contributed by atoms with Gasteiger partial charge in [0.2, 0.25) is 0 Å². The molecule has 1 aromatic carbocycles. The number of hydrogen-bond donors (Lipinski definition) is 1. The van der Waals surface area contributed by atoms with E-state index in [4.69, 9.17) is 0 Å². The highest BCUT2D eigenvalue weighted by atomic mass is 19.2. The van der Waals surface area contributed by atoms with E-state index in [-0.39, 0.29) is 11.6 Å². The molecule has 1 N–H and O–H groups in total. The molecule has 0 aromatic heterocycles. The summed E-state index contributed by atoms with van der Waals surface area (Å²) in [7, 11) is 3.83. The maximum Gasteiger partial charge on any atom is 0.254 e. The molecule has 0 saturated carbocycles. The smallest absolute Gasteiger partial charge is 0.254 e. The molecule has 0 saturated heterocycles. The Morgan fingerprint density at radius 2 is 1.95 bits per heavy atom. The van der Waals surface area contributed by atoms with E-state index in [2.05, 4.69) is 5.32 Å². The summed E-state index contributed by atoms with van der Waals surface area (Å²) in [4.78, 5) is 13.8. The van der Waals surface area contributed by atoms with Gasteiger partial charge in [-0.1, -0.05) is 19.9 Å². The molecule has 106 valence electrons. The van der Waals surface area contributed by atoms with Crippen LogP contribution < -0.4 is 5.32 Å². The lowest BCUT2D eigenvalue weighted by molar-refractivity contribution is 0.0929. The molecule has 1 rings (SSSR count). The average molecular weight is 270 g/mol. The second-order valence-corrected chi connectivity index (χ2v) is 5.09. The third-order valence-electron chi connectivity index (χ3n) is 3.10. The van der Waals surface area contributed by atoms with Gasteiger partial charge in [0, 0.05) is 12.6 Å². The summed E-state index contributed by atoms with van der Waals surface area (Å²) in [5, 5.41) is 2.64. The standard InChI is InChI=1S/C14H20F2N2O/c1-9(2)12(18(3)4)8-17-14(19)10-6-5-7-11(15)13(10)16/h5-7,9,12H,8H2,1-4H3,(H,17,19). The van der Waals surface area contributed by atoms with Crippen LogP contribution in [0.5, 0.6) is 0 Å². The van der Waals surface area contributed by atoms with Crippen LogP contribution in [0.2, 0.25) is 0 Å². The molecule has 0 heterocycles. The molecule has 0 radical (unpaired) electrons. The van der Waals surface area contributed by atoms with E-state index in [1.807, 2.05) is 32.8 Å². The fraction of sp³-hybridized carbons (Fsp3) is 0.500. The zero-order valence-corrected chi connectivity index (χ0v) is 11.7. The summed E-state index contributed by atoms with van der Waals surface area (Å²) in [5.41, 5.74) is -0.263. The van der Waals surface area contributed by atoms with Gasteiger partial charge in [0.15, 0.2) is 11.6 Å². The molecule has 0 fully saturated rings. The Kier molecular flexibility index (Phi) is 5.42. The predicted octanol–water partition coefficient (Wildman–Crippen LogP) is 2.28. The first-order valence-corrected chi connectivity index (χ1v) is 6.23. The van der Waals surface area contributed by atoms with E-state index in [9.17, 15) is 13.6 Å². The van der Waals surface area contributed by atoms with Gasteiger partial charge in [0.05, 0.1) is 5.56 Å². The largest absolute Gasteiger partial charge is 0.350 e. The Labute approximate surface area is 112 Å². The van der Waals surface area contributed by atoms with Crippen molar-refractivity contribution >= 4 is 5.91 Å². The molecular formula is C14H20F2N2O. The van der Waals surface area contributed by atoms with Gasteiger partial charge in [-0.2, -0.15) is 0 Å². The Morgan fingerprint density at radius 3 is 2.47 bits per heavy atom. The molecule has 0 spiro atoms. The van der Waals surface area contributed by atoms with E-state index in [1.54, 1.807) is 0 Å². The molecule has 0 aliphatic carbocycles. The van der Waals surface area contributed by atoms with Crippen LogP contribution >= 0.6 is 0 Å². The van der Waals surface area contributed by atoms with Crippen LogP contribution in [0.4, 0.5) is 8.78 Å². The highest BCUT2D eigenvalue weighted by Gasteiger charge is 2.19. The SMILES string of the molecule is CC(C)C(CNC(=O)c1cccc(F)c1F)N(C)C. The number of halogens is 2. The minimum atomic E-state index is -1.11. The van der Waals surface area contributed by atoms with Crippen molar-refractivity contribution in [3.8, 4) is 0 Å². The number of carbonyl (C=O) groups excluding carboxylic acids is 1. The summed E-state index contributed by atoms with van der Waals surface area (Å²) >= 11 is 0. The predicted molar refractivity (Wildman–Crippen MR) is 71.0 cm³/mol. The molecule has 3 nitrogen and oxygen atoms in total. The zero-order valence-electron chi connectivity index (χ0n) is 11.7. The third kappa shape index (κ3) is 3.99. The van der Waals surface area contributed by atoms with Gasteiger partial charge in [0.25, 0.3) is 5.91 Å². The highest BCUT2D eigenvalue weighted by molar-refractivity contribution is 5.94. The summed E-state index contributed by atoms with van der Waals surface area (Å²) in [6, 6.07) is 3.72. The minimum absolute atomic E-state index is 0.139. The van der Waals surface area contributed by atoms with Crippen molar-refractivity contribution in [1.82, 2.24) is 10.2 Å². The Bertz CT molecular complexity index is 439. The lowest BCUT2D eigenvalue weighted by Gasteiger charge is -2.28. The van der Waals surface area contributed by atoms with Gasteiger partial charge in [0.1, 0.15) is 0 Å². The molecule has 1 unspecified atom stereocenters. The van der Waals surface area contributed by atoms with Crippen LogP contribution in [0, 0.1) is 17.6 Å². The monoisotopic (exact) mass is 270 g/mol. The number of nitrogens with zero attached hydrogens (tertiary/aromatic N) is 1. The lowest BCUT2D eigenvalue weighted by Crippen LogP contribution is -2.43. The molecular weight excluding hydrogens is 250 g/mol. The molecule has 1 amide bonds. The van der Waals surface area contributed by atoms with Gasteiger partial charge in [-0.25, -0.2) is 8.78 Å². The van der Waals surface area contributed by atoms with Crippen LogP contribution in [0.3, 0.4) is 0 Å². The zero-order chi connectivity index (χ0) is 14.6. The third-order valence-corrected chi connectivity index (χ3v) is 3.10. The summed E-state index contributed by atoms with van der Waals surface area (Å²) in [6.07, 6.45) is 0. The minimum Gasteiger partial charge on any atom is -0.350 e. The quantitative estimate of drug-likeness (QED) is 0.890. The second kappa shape index (κ2) is 6.61. The van der Waals surface area contributed by atoms with Crippen LogP contribution in [0.1, 0.15) is 24.2 Å². The van der Waals surface area contributed by atoms with Gasteiger partial charge in [-0.15, -0.1) is 0 Å². The lowest BCUT2D eigenvalue weighted by atomic mass is 10.0. The maximum atomic E-state index is 13.4. The van der Waals surface area contributed by atoms with Crippen molar-refractivity contribution in [3.63, 3.8) is 0 Å². The molecule has 1 aromatic rings. The van der Waals surface area contributed by atoms with E-state index in [0.717, 1.165) is 6.07 Å². The highest BCUT2D eigenvalue weighted by Crippen LogP contribution is 2.12. The van der Waals surface area contributed by atoms with Crippen LogP contribution in [-0.4, -0.2) is 37.5 Å². The average Bonchev–Trinajstić information content (AvgIpc) is 2.31. The van der Waals surface area contributed by atoms with Crippen molar-refractivity contribution in [2.75, 3.05) is 20.6 Å². The Morgan fingerprint density at radius 1 is 1.32 bits per heavy atom. The van der Waals surface area contributed by atoms with E-state index < -0.39 is 17.5 Å².